The Morgan fingerprint density at radius 3 is 2.50 bits per heavy atom. The van der Waals surface area contributed by atoms with Crippen molar-refractivity contribution in [2.24, 2.45) is 5.73 Å². The molecule has 0 aliphatic rings. The lowest BCUT2D eigenvalue weighted by Gasteiger charge is -2.10. The van der Waals surface area contributed by atoms with Crippen LogP contribution in [0, 0.1) is 0 Å². The highest BCUT2D eigenvalue weighted by Gasteiger charge is 2.13. The van der Waals surface area contributed by atoms with Crippen molar-refractivity contribution >= 4 is 11.9 Å². The summed E-state index contributed by atoms with van der Waals surface area (Å²) in [6.45, 7) is 0.672. The molecule has 0 aromatic rings. The van der Waals surface area contributed by atoms with Crippen molar-refractivity contribution in [2.45, 2.75) is 38.1 Å². The van der Waals surface area contributed by atoms with Crippen LogP contribution in [0.15, 0.2) is 0 Å². The molecule has 0 saturated carbocycles. The van der Waals surface area contributed by atoms with Gasteiger partial charge in [-0.15, -0.1) is 0 Å². The highest BCUT2D eigenvalue weighted by molar-refractivity contribution is 5.82. The lowest BCUT2D eigenvalue weighted by atomic mass is 10.1. The number of carboxylic acid groups (broad SMARTS) is 1. The quantitative estimate of drug-likeness (QED) is 0.399. The number of hydrogen-bond acceptors (Lipinski definition) is 4. The van der Waals surface area contributed by atoms with Gasteiger partial charge in [0.15, 0.2) is 0 Å². The largest absolute Gasteiger partial charge is 0.481 e. The molecule has 6 nitrogen and oxygen atoms in total. The number of carboxylic acids is 1. The monoisotopic (exact) mass is 232 g/mol. The number of nitrogens with one attached hydrogen (secondary N) is 1. The van der Waals surface area contributed by atoms with Crippen molar-refractivity contribution < 1.29 is 19.8 Å². The molecule has 0 heterocycles. The van der Waals surface area contributed by atoms with Crippen molar-refractivity contribution in [3.8, 4) is 0 Å². The summed E-state index contributed by atoms with van der Waals surface area (Å²) in [5.41, 5.74) is 5.49. The normalized spacial score (nSPS) is 12.1. The van der Waals surface area contributed by atoms with Gasteiger partial charge in [0.25, 0.3) is 0 Å². The van der Waals surface area contributed by atoms with Crippen molar-refractivity contribution in [3.05, 3.63) is 0 Å². The standard InChI is InChI=1S/C10H20N2O4/c11-8(4-5-9(14)15)10(16)12-6-2-1-3-7-13/h8,13H,1-7,11H2,(H,12,16)(H,14,15)/t8-/m0/s1. The summed E-state index contributed by atoms with van der Waals surface area (Å²) in [7, 11) is 0. The van der Waals surface area contributed by atoms with Gasteiger partial charge >= 0.3 is 5.97 Å². The molecule has 0 radical (unpaired) electrons. The van der Waals surface area contributed by atoms with Crippen LogP contribution < -0.4 is 11.1 Å². The third kappa shape index (κ3) is 8.19. The summed E-state index contributed by atoms with van der Waals surface area (Å²) in [6, 6.07) is -0.756. The Morgan fingerprint density at radius 2 is 1.94 bits per heavy atom. The van der Waals surface area contributed by atoms with Crippen molar-refractivity contribution in [1.29, 1.82) is 0 Å². The number of rotatable bonds is 9. The van der Waals surface area contributed by atoms with E-state index in [1.807, 2.05) is 0 Å². The molecular weight excluding hydrogens is 212 g/mol. The van der Waals surface area contributed by atoms with Crippen LogP contribution in [0.1, 0.15) is 32.1 Å². The Balaban J connectivity index is 3.51. The molecule has 0 fully saturated rings. The highest BCUT2D eigenvalue weighted by Crippen LogP contribution is 1.96. The molecule has 1 atom stereocenters. The maximum absolute atomic E-state index is 11.3. The molecule has 5 N–H and O–H groups in total. The number of hydrogen-bond donors (Lipinski definition) is 4. The van der Waals surface area contributed by atoms with Crippen molar-refractivity contribution in [3.63, 3.8) is 0 Å². The molecule has 0 aromatic carbocycles. The van der Waals surface area contributed by atoms with Gasteiger partial charge in [-0.25, -0.2) is 0 Å². The molecule has 16 heavy (non-hydrogen) atoms. The molecule has 0 spiro atoms. The molecule has 0 aliphatic carbocycles. The number of amides is 1. The Labute approximate surface area is 94.8 Å². The highest BCUT2D eigenvalue weighted by atomic mass is 16.4. The van der Waals surface area contributed by atoms with Gasteiger partial charge in [-0.05, 0) is 25.7 Å². The van der Waals surface area contributed by atoms with E-state index in [1.165, 1.54) is 0 Å². The van der Waals surface area contributed by atoms with Gasteiger partial charge in [0, 0.05) is 19.6 Å². The minimum absolute atomic E-state index is 0.0981. The Bertz CT molecular complexity index is 221. The summed E-state index contributed by atoms with van der Waals surface area (Å²) >= 11 is 0. The van der Waals surface area contributed by atoms with E-state index in [0.29, 0.717) is 6.54 Å². The molecule has 0 unspecified atom stereocenters. The number of carbonyl (C=O) groups is 2. The van der Waals surface area contributed by atoms with Crippen LogP contribution in [0.2, 0.25) is 0 Å². The minimum atomic E-state index is -0.953. The zero-order chi connectivity index (χ0) is 12.4. The van der Waals surface area contributed by atoms with Crippen LogP contribution in [-0.4, -0.2) is 41.3 Å². The van der Waals surface area contributed by atoms with Crippen molar-refractivity contribution in [2.75, 3.05) is 13.2 Å². The Morgan fingerprint density at radius 1 is 1.25 bits per heavy atom. The predicted molar refractivity (Wildman–Crippen MR) is 58.8 cm³/mol. The number of unbranched alkanes of at least 4 members (excludes halogenated alkanes) is 2. The maximum atomic E-state index is 11.3. The third-order valence-electron chi connectivity index (χ3n) is 2.14. The van der Waals surface area contributed by atoms with Gasteiger partial charge < -0.3 is 21.3 Å². The molecule has 6 heteroatoms. The molecule has 94 valence electrons. The Kier molecular flexibility index (Phi) is 8.46. The summed E-state index contributed by atoms with van der Waals surface area (Å²) in [4.78, 5) is 21.6. The van der Waals surface area contributed by atoms with E-state index in [2.05, 4.69) is 5.32 Å². The number of carbonyl (C=O) groups excluding carboxylic acids is 1. The first-order valence-electron chi connectivity index (χ1n) is 5.44. The van der Waals surface area contributed by atoms with Crippen LogP contribution in [0.25, 0.3) is 0 Å². The summed E-state index contributed by atoms with van der Waals surface area (Å²) in [5.74, 6) is -1.27. The molecule has 1 amide bonds. The van der Waals surface area contributed by atoms with Crippen LogP contribution in [0.3, 0.4) is 0 Å². The van der Waals surface area contributed by atoms with Gasteiger partial charge in [0.2, 0.25) is 5.91 Å². The third-order valence-corrected chi connectivity index (χ3v) is 2.14. The average Bonchev–Trinajstić information content (AvgIpc) is 2.25. The SMILES string of the molecule is N[C@@H](CCC(=O)O)C(=O)NCCCCCO. The van der Waals surface area contributed by atoms with E-state index in [9.17, 15) is 9.59 Å². The first-order valence-corrected chi connectivity index (χ1v) is 5.44. The van der Waals surface area contributed by atoms with Crippen molar-refractivity contribution in [1.82, 2.24) is 5.32 Å². The lowest BCUT2D eigenvalue weighted by molar-refractivity contribution is -0.137. The van der Waals surface area contributed by atoms with Gasteiger partial charge in [-0.3, -0.25) is 9.59 Å². The van der Waals surface area contributed by atoms with E-state index in [0.717, 1.165) is 19.3 Å². The summed E-state index contributed by atoms with van der Waals surface area (Å²) in [5, 5.41) is 19.6. The van der Waals surface area contributed by atoms with Gasteiger partial charge in [-0.2, -0.15) is 0 Å². The summed E-state index contributed by atoms with van der Waals surface area (Å²) < 4.78 is 0. The second kappa shape index (κ2) is 9.11. The maximum Gasteiger partial charge on any atom is 0.303 e. The zero-order valence-corrected chi connectivity index (χ0v) is 9.32. The van der Waals surface area contributed by atoms with E-state index >= 15 is 0 Å². The molecular formula is C10H20N2O4. The van der Waals surface area contributed by atoms with Gasteiger partial charge in [0.1, 0.15) is 0 Å². The Hall–Kier alpha value is -1.14. The first kappa shape index (κ1) is 14.9. The minimum Gasteiger partial charge on any atom is -0.481 e. The van der Waals surface area contributed by atoms with E-state index in [1.54, 1.807) is 0 Å². The average molecular weight is 232 g/mol. The fourth-order valence-corrected chi connectivity index (χ4v) is 1.17. The molecule has 0 aliphatic heterocycles. The van der Waals surface area contributed by atoms with E-state index in [4.69, 9.17) is 15.9 Å². The fraction of sp³-hybridized carbons (Fsp3) is 0.800. The smallest absolute Gasteiger partial charge is 0.303 e. The lowest BCUT2D eigenvalue weighted by Crippen LogP contribution is -2.41. The molecule has 0 bridgehead atoms. The number of aliphatic carboxylic acids is 1. The second-order valence-electron chi connectivity index (χ2n) is 3.61. The number of aliphatic hydroxyl groups is 1. The second-order valence-corrected chi connectivity index (χ2v) is 3.61. The topological polar surface area (TPSA) is 113 Å². The van der Waals surface area contributed by atoms with Gasteiger partial charge in [0.05, 0.1) is 6.04 Å². The van der Waals surface area contributed by atoms with Gasteiger partial charge in [-0.1, -0.05) is 0 Å². The fourth-order valence-electron chi connectivity index (χ4n) is 1.17. The molecule has 0 rings (SSSR count). The van der Waals surface area contributed by atoms with Crippen LogP contribution in [0.5, 0.6) is 0 Å². The molecule has 0 aromatic heterocycles. The van der Waals surface area contributed by atoms with Crippen LogP contribution >= 0.6 is 0 Å². The summed E-state index contributed by atoms with van der Waals surface area (Å²) in [6.07, 6.45) is 2.41. The zero-order valence-electron chi connectivity index (χ0n) is 9.32. The van der Waals surface area contributed by atoms with Crippen LogP contribution in [0.4, 0.5) is 0 Å². The predicted octanol–water partition coefficient (Wildman–Crippen LogP) is -0.543. The first-order chi connectivity index (χ1) is 7.57. The van der Waals surface area contributed by atoms with Crippen LogP contribution in [-0.2, 0) is 9.59 Å². The van der Waals surface area contributed by atoms with E-state index < -0.39 is 12.0 Å². The number of aliphatic hydroxyl groups excluding tert-OH is 1. The molecule has 0 saturated heterocycles. The van der Waals surface area contributed by atoms with E-state index in [-0.39, 0.29) is 25.4 Å². The number of nitrogens with two attached hydrogens (primary N) is 1.